The van der Waals surface area contributed by atoms with Gasteiger partial charge >= 0.3 is 0 Å². The number of amides is 1. The monoisotopic (exact) mass is 289 g/mol. The van der Waals surface area contributed by atoms with E-state index >= 15 is 0 Å². The van der Waals surface area contributed by atoms with Gasteiger partial charge in [0, 0.05) is 13.0 Å². The lowest BCUT2D eigenvalue weighted by Crippen LogP contribution is -2.29. The highest BCUT2D eigenvalue weighted by Gasteiger charge is 2.08. The number of hydrogen-bond donors (Lipinski definition) is 1. The van der Waals surface area contributed by atoms with Crippen molar-refractivity contribution in [3.8, 4) is 0 Å². The van der Waals surface area contributed by atoms with Gasteiger partial charge in [0.25, 0.3) is 0 Å². The maximum absolute atomic E-state index is 12.0. The van der Waals surface area contributed by atoms with Crippen LogP contribution in [0.25, 0.3) is 0 Å². The molecule has 0 aliphatic carbocycles. The fourth-order valence-electron chi connectivity index (χ4n) is 2.51. The first-order chi connectivity index (χ1) is 10.1. The number of carbonyl (C=O) groups is 1. The van der Waals surface area contributed by atoms with Crippen molar-refractivity contribution in [2.45, 2.75) is 66.2 Å². The summed E-state index contributed by atoms with van der Waals surface area (Å²) in [5, 5.41) is 3.10. The molecule has 0 fully saturated rings. The molecule has 1 unspecified atom stereocenters. The minimum atomic E-state index is 0.183. The summed E-state index contributed by atoms with van der Waals surface area (Å²) in [7, 11) is 0. The molecular formula is C19H31NO. The fraction of sp³-hybridized carbons (Fsp3) is 0.632. The van der Waals surface area contributed by atoms with Crippen LogP contribution in [0.4, 0.5) is 0 Å². The molecule has 0 spiro atoms. The molecule has 1 aromatic rings. The SMILES string of the molecule is CCCCC(CC)CNC(=O)CCc1ccc(C)c(C)c1. The molecule has 1 amide bonds. The van der Waals surface area contributed by atoms with E-state index in [1.54, 1.807) is 0 Å². The number of rotatable bonds is 9. The molecule has 1 aromatic carbocycles. The number of unbranched alkanes of at least 4 members (excludes halogenated alkanes) is 1. The van der Waals surface area contributed by atoms with Crippen molar-refractivity contribution >= 4 is 5.91 Å². The molecule has 0 saturated heterocycles. The van der Waals surface area contributed by atoms with Crippen LogP contribution in [0.2, 0.25) is 0 Å². The predicted molar refractivity (Wildman–Crippen MR) is 90.6 cm³/mol. The van der Waals surface area contributed by atoms with Crippen LogP contribution in [-0.2, 0) is 11.2 Å². The molecule has 0 saturated carbocycles. The van der Waals surface area contributed by atoms with E-state index in [9.17, 15) is 4.79 Å². The van der Waals surface area contributed by atoms with E-state index in [4.69, 9.17) is 0 Å². The molecule has 118 valence electrons. The van der Waals surface area contributed by atoms with Gasteiger partial charge in [-0.05, 0) is 49.3 Å². The third-order valence-corrected chi connectivity index (χ3v) is 4.34. The quantitative estimate of drug-likeness (QED) is 0.709. The molecule has 0 aliphatic rings. The fourth-order valence-corrected chi connectivity index (χ4v) is 2.51. The van der Waals surface area contributed by atoms with E-state index in [-0.39, 0.29) is 5.91 Å². The van der Waals surface area contributed by atoms with Crippen molar-refractivity contribution in [2.75, 3.05) is 6.54 Å². The number of carbonyl (C=O) groups excluding carboxylic acids is 1. The van der Waals surface area contributed by atoms with E-state index < -0.39 is 0 Å². The first-order valence-corrected chi connectivity index (χ1v) is 8.39. The molecule has 1 rings (SSSR count). The predicted octanol–water partition coefficient (Wildman–Crippen LogP) is 4.57. The Morgan fingerprint density at radius 1 is 1.19 bits per heavy atom. The zero-order valence-electron chi connectivity index (χ0n) is 14.2. The Kier molecular flexibility index (Phi) is 8.11. The minimum absolute atomic E-state index is 0.183. The smallest absolute Gasteiger partial charge is 0.220 e. The van der Waals surface area contributed by atoms with Crippen molar-refractivity contribution in [2.24, 2.45) is 5.92 Å². The highest BCUT2D eigenvalue weighted by molar-refractivity contribution is 5.76. The summed E-state index contributed by atoms with van der Waals surface area (Å²) in [6.45, 7) is 9.50. The summed E-state index contributed by atoms with van der Waals surface area (Å²) in [6, 6.07) is 6.46. The molecule has 1 N–H and O–H groups in total. The van der Waals surface area contributed by atoms with Crippen LogP contribution in [0.5, 0.6) is 0 Å². The van der Waals surface area contributed by atoms with Crippen molar-refractivity contribution in [3.63, 3.8) is 0 Å². The zero-order chi connectivity index (χ0) is 15.7. The van der Waals surface area contributed by atoms with Gasteiger partial charge in [0.15, 0.2) is 0 Å². The molecule has 0 heterocycles. The van der Waals surface area contributed by atoms with Crippen LogP contribution in [0.1, 0.15) is 62.6 Å². The van der Waals surface area contributed by atoms with E-state index in [1.165, 1.54) is 36.0 Å². The van der Waals surface area contributed by atoms with Gasteiger partial charge in [0.2, 0.25) is 5.91 Å². The van der Waals surface area contributed by atoms with Gasteiger partial charge in [-0.2, -0.15) is 0 Å². The largest absolute Gasteiger partial charge is 0.356 e. The highest BCUT2D eigenvalue weighted by atomic mass is 16.1. The summed E-state index contributed by atoms with van der Waals surface area (Å²) in [5.74, 6) is 0.818. The van der Waals surface area contributed by atoms with Crippen molar-refractivity contribution in [1.29, 1.82) is 0 Å². The van der Waals surface area contributed by atoms with Crippen LogP contribution in [0, 0.1) is 19.8 Å². The lowest BCUT2D eigenvalue weighted by Gasteiger charge is -2.15. The normalized spacial score (nSPS) is 12.2. The molecular weight excluding hydrogens is 258 g/mol. The average Bonchev–Trinajstić information content (AvgIpc) is 2.48. The van der Waals surface area contributed by atoms with Gasteiger partial charge in [-0.1, -0.05) is 51.3 Å². The Hall–Kier alpha value is -1.31. The van der Waals surface area contributed by atoms with E-state index in [0.29, 0.717) is 12.3 Å². The first kappa shape index (κ1) is 17.7. The summed E-state index contributed by atoms with van der Waals surface area (Å²) < 4.78 is 0. The average molecular weight is 289 g/mol. The molecule has 1 atom stereocenters. The topological polar surface area (TPSA) is 29.1 Å². The second-order valence-corrected chi connectivity index (χ2v) is 6.14. The maximum atomic E-state index is 12.0. The third kappa shape index (κ3) is 6.79. The van der Waals surface area contributed by atoms with Crippen LogP contribution in [0.15, 0.2) is 18.2 Å². The molecule has 0 aliphatic heterocycles. The molecule has 0 radical (unpaired) electrons. The minimum Gasteiger partial charge on any atom is -0.356 e. The number of aryl methyl sites for hydroxylation is 3. The van der Waals surface area contributed by atoms with Crippen molar-refractivity contribution in [1.82, 2.24) is 5.32 Å². The zero-order valence-corrected chi connectivity index (χ0v) is 14.2. The summed E-state index contributed by atoms with van der Waals surface area (Å²) in [4.78, 5) is 12.0. The van der Waals surface area contributed by atoms with E-state index in [1.807, 2.05) is 0 Å². The Balaban J connectivity index is 2.31. The van der Waals surface area contributed by atoms with E-state index in [0.717, 1.165) is 19.4 Å². The van der Waals surface area contributed by atoms with Crippen LogP contribution < -0.4 is 5.32 Å². The lowest BCUT2D eigenvalue weighted by atomic mass is 9.99. The molecule has 0 bridgehead atoms. The molecule has 21 heavy (non-hydrogen) atoms. The van der Waals surface area contributed by atoms with Gasteiger partial charge in [-0.3, -0.25) is 4.79 Å². The van der Waals surface area contributed by atoms with Gasteiger partial charge in [-0.25, -0.2) is 0 Å². The number of nitrogens with one attached hydrogen (secondary N) is 1. The second kappa shape index (κ2) is 9.59. The summed E-state index contributed by atoms with van der Waals surface area (Å²) in [6.07, 6.45) is 6.29. The number of hydrogen-bond acceptors (Lipinski definition) is 1. The Bertz CT molecular complexity index is 439. The Labute approximate surface area is 130 Å². The van der Waals surface area contributed by atoms with Crippen LogP contribution in [-0.4, -0.2) is 12.5 Å². The Morgan fingerprint density at radius 3 is 2.57 bits per heavy atom. The standard InChI is InChI=1S/C19H31NO/c1-5-7-8-17(6-2)14-20-19(21)12-11-18-10-9-15(3)16(4)13-18/h9-10,13,17H,5-8,11-12,14H2,1-4H3,(H,20,21). The van der Waals surface area contributed by atoms with Gasteiger partial charge in [0.05, 0.1) is 0 Å². The van der Waals surface area contributed by atoms with Gasteiger partial charge < -0.3 is 5.32 Å². The van der Waals surface area contributed by atoms with Crippen molar-refractivity contribution in [3.05, 3.63) is 34.9 Å². The lowest BCUT2D eigenvalue weighted by molar-refractivity contribution is -0.121. The Morgan fingerprint density at radius 2 is 1.95 bits per heavy atom. The van der Waals surface area contributed by atoms with Crippen LogP contribution in [0.3, 0.4) is 0 Å². The van der Waals surface area contributed by atoms with Gasteiger partial charge in [0.1, 0.15) is 0 Å². The highest BCUT2D eigenvalue weighted by Crippen LogP contribution is 2.13. The summed E-state index contributed by atoms with van der Waals surface area (Å²) >= 11 is 0. The molecule has 0 aromatic heterocycles. The van der Waals surface area contributed by atoms with Crippen molar-refractivity contribution < 1.29 is 4.79 Å². The number of benzene rings is 1. The van der Waals surface area contributed by atoms with Crippen LogP contribution >= 0.6 is 0 Å². The molecule has 2 nitrogen and oxygen atoms in total. The molecule has 2 heteroatoms. The first-order valence-electron chi connectivity index (χ1n) is 8.39. The second-order valence-electron chi connectivity index (χ2n) is 6.14. The summed E-state index contributed by atoms with van der Waals surface area (Å²) in [5.41, 5.74) is 3.87. The van der Waals surface area contributed by atoms with Gasteiger partial charge in [-0.15, -0.1) is 0 Å². The van der Waals surface area contributed by atoms with E-state index in [2.05, 4.69) is 51.2 Å². The maximum Gasteiger partial charge on any atom is 0.220 e. The third-order valence-electron chi connectivity index (χ3n) is 4.34.